The van der Waals surface area contributed by atoms with Crippen molar-refractivity contribution in [2.45, 2.75) is 39.7 Å². The molecule has 12 heavy (non-hydrogen) atoms. The maximum atomic E-state index is 3.06. The Labute approximate surface area is 74.6 Å². The molecule has 1 aromatic rings. The first-order valence-electron chi connectivity index (χ1n) is 4.88. The highest BCUT2D eigenvalue weighted by atomic mass is 15.0. The van der Waals surface area contributed by atoms with Crippen molar-refractivity contribution in [1.82, 2.24) is 4.98 Å². The van der Waals surface area contributed by atoms with Gasteiger partial charge in [0.2, 0.25) is 6.33 Å². The molecule has 0 saturated heterocycles. The van der Waals surface area contributed by atoms with Gasteiger partial charge in [0.05, 0.1) is 6.54 Å². The molecular formula is C10H19N2+. The van der Waals surface area contributed by atoms with Crippen molar-refractivity contribution in [3.8, 4) is 0 Å². The maximum absolute atomic E-state index is 3.06. The molecule has 2 heteroatoms. The Morgan fingerprint density at radius 3 is 2.75 bits per heavy atom. The number of rotatable bonds is 5. The van der Waals surface area contributed by atoms with Gasteiger partial charge in [-0.05, 0) is 18.8 Å². The number of nitrogens with zero attached hydrogens (tertiary/aromatic N) is 1. The Bertz CT molecular complexity index is 192. The summed E-state index contributed by atoms with van der Waals surface area (Å²) in [5.41, 5.74) is 0. The van der Waals surface area contributed by atoms with Gasteiger partial charge in [-0.1, -0.05) is 20.3 Å². The summed E-state index contributed by atoms with van der Waals surface area (Å²) in [4.78, 5) is 3.06. The van der Waals surface area contributed by atoms with E-state index < -0.39 is 0 Å². The van der Waals surface area contributed by atoms with Gasteiger partial charge in [-0.15, -0.1) is 0 Å². The molecule has 0 spiro atoms. The fourth-order valence-electron chi connectivity index (χ4n) is 1.57. The van der Waals surface area contributed by atoms with E-state index in [0.29, 0.717) is 0 Å². The summed E-state index contributed by atoms with van der Waals surface area (Å²) in [6, 6.07) is 0. The Balaban J connectivity index is 2.37. The lowest BCUT2D eigenvalue weighted by molar-refractivity contribution is -0.702. The molecular weight excluding hydrogens is 148 g/mol. The second kappa shape index (κ2) is 4.96. The second-order valence-electron chi connectivity index (χ2n) is 3.37. The Morgan fingerprint density at radius 2 is 2.25 bits per heavy atom. The van der Waals surface area contributed by atoms with Crippen LogP contribution in [-0.4, -0.2) is 4.98 Å². The third-order valence-electron chi connectivity index (χ3n) is 2.35. The molecule has 0 aromatic carbocycles. The number of aromatic nitrogens is 2. The largest absolute Gasteiger partial charge is 0.250 e. The van der Waals surface area contributed by atoms with Crippen molar-refractivity contribution in [2.75, 3.05) is 0 Å². The second-order valence-corrected chi connectivity index (χ2v) is 3.37. The molecule has 1 unspecified atom stereocenters. The lowest BCUT2D eigenvalue weighted by Crippen LogP contribution is -2.34. The minimum absolute atomic E-state index is 0.843. The van der Waals surface area contributed by atoms with Gasteiger partial charge < -0.3 is 0 Å². The molecule has 0 saturated carbocycles. The normalized spacial score (nSPS) is 13.2. The molecule has 1 rings (SSSR count). The summed E-state index contributed by atoms with van der Waals surface area (Å²) in [5.74, 6) is 0.843. The average Bonchev–Trinajstić information content (AvgIpc) is 2.56. The topological polar surface area (TPSA) is 19.7 Å². The van der Waals surface area contributed by atoms with Gasteiger partial charge in [0.1, 0.15) is 12.4 Å². The summed E-state index contributed by atoms with van der Waals surface area (Å²) < 4.78 is 2.23. The van der Waals surface area contributed by atoms with Gasteiger partial charge in [-0.25, -0.2) is 4.57 Å². The smallest absolute Gasteiger partial charge is 0.241 e. The number of H-pyrrole nitrogens is 1. The van der Waals surface area contributed by atoms with Gasteiger partial charge in [-0.2, -0.15) is 0 Å². The summed E-state index contributed by atoms with van der Waals surface area (Å²) >= 11 is 0. The molecule has 0 radical (unpaired) electrons. The highest BCUT2D eigenvalue weighted by molar-refractivity contribution is 4.57. The molecule has 0 bridgehead atoms. The van der Waals surface area contributed by atoms with Crippen LogP contribution in [0, 0.1) is 5.92 Å². The molecule has 2 nitrogen and oxygen atoms in total. The molecule has 1 aromatic heterocycles. The SMILES string of the molecule is CCCC(CC)C[n+]1cc[nH]c1. The van der Waals surface area contributed by atoms with Crippen molar-refractivity contribution in [3.05, 3.63) is 18.7 Å². The number of nitrogens with one attached hydrogen (secondary N) is 1. The first-order chi connectivity index (χ1) is 5.86. The van der Waals surface area contributed by atoms with E-state index in [1.807, 2.05) is 12.5 Å². The van der Waals surface area contributed by atoms with Crippen LogP contribution >= 0.6 is 0 Å². The molecule has 1 heterocycles. The molecule has 0 aliphatic heterocycles. The Kier molecular flexibility index (Phi) is 3.85. The van der Waals surface area contributed by atoms with Crippen LogP contribution < -0.4 is 4.57 Å². The molecule has 0 aliphatic carbocycles. The summed E-state index contributed by atoms with van der Waals surface area (Å²) in [6.45, 7) is 5.69. The van der Waals surface area contributed by atoms with Crippen LogP contribution in [0.5, 0.6) is 0 Å². The Hall–Kier alpha value is -0.790. The highest BCUT2D eigenvalue weighted by Crippen LogP contribution is 2.09. The van der Waals surface area contributed by atoms with Crippen molar-refractivity contribution in [1.29, 1.82) is 0 Å². The van der Waals surface area contributed by atoms with Crippen LogP contribution in [0.15, 0.2) is 18.7 Å². The van der Waals surface area contributed by atoms with Crippen molar-refractivity contribution < 1.29 is 4.57 Å². The monoisotopic (exact) mass is 167 g/mol. The molecule has 1 N–H and O–H groups in total. The van der Waals surface area contributed by atoms with Crippen LogP contribution in [0.1, 0.15) is 33.1 Å². The average molecular weight is 167 g/mol. The van der Waals surface area contributed by atoms with Crippen LogP contribution in [0.3, 0.4) is 0 Å². The minimum atomic E-state index is 0.843. The maximum Gasteiger partial charge on any atom is 0.241 e. The fraction of sp³-hybridized carbons (Fsp3) is 0.700. The summed E-state index contributed by atoms with van der Waals surface area (Å²) in [5, 5.41) is 0. The van der Waals surface area contributed by atoms with Crippen LogP contribution in [-0.2, 0) is 6.54 Å². The van der Waals surface area contributed by atoms with Crippen LogP contribution in [0.4, 0.5) is 0 Å². The third kappa shape index (κ3) is 2.68. The fourth-order valence-corrected chi connectivity index (χ4v) is 1.57. The zero-order valence-corrected chi connectivity index (χ0v) is 8.09. The first kappa shape index (κ1) is 9.30. The van der Waals surface area contributed by atoms with Crippen molar-refractivity contribution in [3.63, 3.8) is 0 Å². The zero-order chi connectivity index (χ0) is 8.81. The first-order valence-corrected chi connectivity index (χ1v) is 4.88. The van der Waals surface area contributed by atoms with Gasteiger partial charge >= 0.3 is 0 Å². The molecule has 0 fully saturated rings. The molecule has 68 valence electrons. The molecule has 0 amide bonds. The number of imidazole rings is 1. The lowest BCUT2D eigenvalue weighted by atomic mass is 10.0. The number of hydrogen-bond donors (Lipinski definition) is 1. The van der Waals surface area contributed by atoms with Gasteiger partial charge in [0.25, 0.3) is 0 Å². The van der Waals surface area contributed by atoms with Crippen LogP contribution in [0.25, 0.3) is 0 Å². The molecule has 0 aliphatic rings. The van der Waals surface area contributed by atoms with Crippen molar-refractivity contribution >= 4 is 0 Å². The van der Waals surface area contributed by atoms with E-state index in [1.54, 1.807) is 0 Å². The van der Waals surface area contributed by atoms with Gasteiger partial charge in [0, 0.05) is 0 Å². The van der Waals surface area contributed by atoms with Gasteiger partial charge in [-0.3, -0.25) is 4.98 Å². The molecule has 1 atom stereocenters. The van der Waals surface area contributed by atoms with E-state index >= 15 is 0 Å². The third-order valence-corrected chi connectivity index (χ3v) is 2.35. The van der Waals surface area contributed by atoms with E-state index in [2.05, 4.69) is 29.6 Å². The van der Waals surface area contributed by atoms with E-state index in [0.717, 1.165) is 12.5 Å². The van der Waals surface area contributed by atoms with Gasteiger partial charge in [0.15, 0.2) is 0 Å². The predicted molar refractivity (Wildman–Crippen MR) is 49.7 cm³/mol. The zero-order valence-electron chi connectivity index (χ0n) is 8.09. The van der Waals surface area contributed by atoms with E-state index in [9.17, 15) is 0 Å². The highest BCUT2D eigenvalue weighted by Gasteiger charge is 2.08. The number of aromatic amines is 1. The van der Waals surface area contributed by atoms with E-state index in [-0.39, 0.29) is 0 Å². The summed E-state index contributed by atoms with van der Waals surface area (Å²) in [7, 11) is 0. The lowest BCUT2D eigenvalue weighted by Gasteiger charge is -2.09. The predicted octanol–water partition coefficient (Wildman–Crippen LogP) is 2.13. The Morgan fingerprint density at radius 1 is 1.42 bits per heavy atom. The summed E-state index contributed by atoms with van der Waals surface area (Å²) in [6.07, 6.45) is 10.0. The van der Waals surface area contributed by atoms with Crippen molar-refractivity contribution in [2.24, 2.45) is 5.92 Å². The number of hydrogen-bond acceptors (Lipinski definition) is 0. The standard InChI is InChI=1S/C10H18N2/c1-3-5-10(4-2)8-12-7-6-11-9-12/h6-7,9-10H,3-5,8H2,1-2H3/p+1. The quantitative estimate of drug-likeness (QED) is 0.648. The van der Waals surface area contributed by atoms with E-state index in [4.69, 9.17) is 0 Å². The van der Waals surface area contributed by atoms with Crippen LogP contribution in [0.2, 0.25) is 0 Å². The minimum Gasteiger partial charge on any atom is -0.250 e. The van der Waals surface area contributed by atoms with E-state index in [1.165, 1.54) is 19.3 Å².